The fourth-order valence-corrected chi connectivity index (χ4v) is 4.32. The summed E-state index contributed by atoms with van der Waals surface area (Å²) in [6.07, 6.45) is 7.55. The van der Waals surface area contributed by atoms with E-state index in [4.69, 9.17) is 9.97 Å². The summed E-state index contributed by atoms with van der Waals surface area (Å²) in [5.74, 6) is 0.727. The number of hydrogen-bond acceptors (Lipinski definition) is 5. The van der Waals surface area contributed by atoms with Crippen LogP contribution in [-0.2, 0) is 16.2 Å². The second-order valence-corrected chi connectivity index (χ2v) is 9.70. The summed E-state index contributed by atoms with van der Waals surface area (Å²) in [7, 11) is 0. The highest BCUT2D eigenvalue weighted by molar-refractivity contribution is 7.89. The molecule has 0 saturated carbocycles. The zero-order valence-corrected chi connectivity index (χ0v) is 21.1. The number of benzene rings is 2. The molecule has 1 unspecified atom stereocenters. The van der Waals surface area contributed by atoms with E-state index < -0.39 is 11.4 Å². The summed E-state index contributed by atoms with van der Waals surface area (Å²) in [5, 5.41) is 0. The molecule has 1 N–H and O–H groups in total. The zero-order valence-electron chi connectivity index (χ0n) is 20.2. The molecule has 0 aliphatic rings. The lowest BCUT2D eigenvalue weighted by Crippen LogP contribution is -2.32. The van der Waals surface area contributed by atoms with E-state index in [2.05, 4.69) is 47.7 Å². The monoisotopic (exact) mass is 478 g/mol. The van der Waals surface area contributed by atoms with E-state index in [0.29, 0.717) is 6.42 Å². The first-order valence-corrected chi connectivity index (χ1v) is 13.4. The molecule has 1 atom stereocenters. The molecule has 0 spiro atoms. The number of unbranched alkanes of at least 4 members (excludes halogenated alkanes) is 3. The Hall–Kier alpha value is -2.90. The number of amides is 1. The van der Waals surface area contributed by atoms with E-state index >= 15 is 0 Å². The van der Waals surface area contributed by atoms with Gasteiger partial charge in [0.2, 0.25) is 0 Å². The molecule has 1 amide bonds. The summed E-state index contributed by atoms with van der Waals surface area (Å²) in [4.78, 5) is 23.9. The first-order valence-electron chi connectivity index (χ1n) is 11.8. The molecule has 0 saturated heterocycles. The minimum absolute atomic E-state index is 0.146. The maximum Gasteiger partial charge on any atom is 0.261 e. The standard InChI is InChI=1S/C27H34N4O2S/c1-21(2)31(19-13-5-4-12-18-25(32)30-34(3)33)24-20-28-26(22-14-8-6-9-15-22)27(29-24)23-16-10-7-11-17-23/h6-11,14-17,20-21H,4-5,12-13,18-19H2,1-3H3,(H,30,32). The van der Waals surface area contributed by atoms with Crippen molar-refractivity contribution in [1.29, 1.82) is 0 Å². The van der Waals surface area contributed by atoms with Crippen LogP contribution in [0.15, 0.2) is 66.9 Å². The van der Waals surface area contributed by atoms with Gasteiger partial charge in [0.05, 0.1) is 28.9 Å². The first kappa shape index (κ1) is 25.7. The van der Waals surface area contributed by atoms with Crippen molar-refractivity contribution >= 4 is 23.1 Å². The van der Waals surface area contributed by atoms with Crippen LogP contribution in [0, 0.1) is 0 Å². The van der Waals surface area contributed by atoms with Crippen molar-refractivity contribution in [1.82, 2.24) is 14.7 Å². The van der Waals surface area contributed by atoms with Crippen molar-refractivity contribution in [3.63, 3.8) is 0 Å². The van der Waals surface area contributed by atoms with Crippen molar-refractivity contribution in [2.45, 2.75) is 52.0 Å². The number of carbonyl (C=O) groups is 1. The van der Waals surface area contributed by atoms with Gasteiger partial charge in [-0.2, -0.15) is 4.72 Å². The quantitative estimate of drug-likeness (QED) is 0.279. The number of nitrogens with zero attached hydrogens (tertiary/aromatic N) is 3. The van der Waals surface area contributed by atoms with Crippen molar-refractivity contribution in [3.8, 4) is 22.5 Å². The van der Waals surface area contributed by atoms with Crippen LogP contribution in [0.3, 0.4) is 0 Å². The molecule has 0 radical (unpaired) electrons. The number of carbonyl (C=O) groups excluding carboxylic acids is 1. The van der Waals surface area contributed by atoms with E-state index in [-0.39, 0.29) is 11.9 Å². The third-order valence-electron chi connectivity index (χ3n) is 5.58. The van der Waals surface area contributed by atoms with Crippen molar-refractivity contribution in [2.24, 2.45) is 0 Å². The molecule has 0 fully saturated rings. The second-order valence-electron chi connectivity index (χ2n) is 8.59. The lowest BCUT2D eigenvalue weighted by Gasteiger charge is -2.28. The minimum Gasteiger partial charge on any atom is -0.593 e. The number of aromatic nitrogens is 2. The van der Waals surface area contributed by atoms with Gasteiger partial charge in [-0.1, -0.05) is 73.5 Å². The number of hydrogen-bond donors (Lipinski definition) is 1. The van der Waals surface area contributed by atoms with Crippen LogP contribution in [-0.4, -0.2) is 39.3 Å². The van der Waals surface area contributed by atoms with Crippen LogP contribution >= 0.6 is 0 Å². The molecule has 2 aromatic carbocycles. The molecule has 7 heteroatoms. The highest BCUT2D eigenvalue weighted by atomic mass is 32.2. The Kier molecular flexibility index (Phi) is 9.91. The molecule has 6 nitrogen and oxygen atoms in total. The lowest BCUT2D eigenvalue weighted by atomic mass is 10.0. The normalized spacial score (nSPS) is 11.9. The maximum atomic E-state index is 11.6. The Balaban J connectivity index is 1.70. The van der Waals surface area contributed by atoms with Crippen LogP contribution in [0.1, 0.15) is 46.0 Å². The molecular weight excluding hydrogens is 444 g/mol. The molecular formula is C27H34N4O2S. The van der Waals surface area contributed by atoms with E-state index in [1.54, 1.807) is 0 Å². The highest BCUT2D eigenvalue weighted by Gasteiger charge is 2.17. The van der Waals surface area contributed by atoms with Crippen LogP contribution < -0.4 is 9.62 Å². The maximum absolute atomic E-state index is 11.6. The Labute approximate surface area is 206 Å². The van der Waals surface area contributed by atoms with E-state index in [0.717, 1.165) is 60.6 Å². The van der Waals surface area contributed by atoms with Gasteiger partial charge in [0, 0.05) is 30.1 Å². The highest BCUT2D eigenvalue weighted by Crippen LogP contribution is 2.31. The van der Waals surface area contributed by atoms with Crippen LogP contribution in [0.4, 0.5) is 5.82 Å². The fraction of sp³-hybridized carbons (Fsp3) is 0.370. The molecule has 1 aromatic heterocycles. The average molecular weight is 479 g/mol. The number of rotatable bonds is 12. The summed E-state index contributed by atoms with van der Waals surface area (Å²) in [5.41, 5.74) is 3.86. The first-order chi connectivity index (χ1) is 16.5. The van der Waals surface area contributed by atoms with Gasteiger partial charge >= 0.3 is 0 Å². The smallest absolute Gasteiger partial charge is 0.261 e. The molecule has 0 aliphatic heterocycles. The fourth-order valence-electron chi connectivity index (χ4n) is 3.89. The van der Waals surface area contributed by atoms with Gasteiger partial charge in [0.25, 0.3) is 5.91 Å². The summed E-state index contributed by atoms with van der Waals surface area (Å²) >= 11 is -1.29. The molecule has 180 valence electrons. The number of anilines is 1. The van der Waals surface area contributed by atoms with E-state index in [1.807, 2.05) is 42.6 Å². The third-order valence-corrected chi connectivity index (χ3v) is 6.10. The molecule has 3 aromatic rings. The molecule has 0 bridgehead atoms. The SMILES string of the molecule is CC(C)N(CCCCCCC(=O)N[S+](C)[O-])c1cnc(-c2ccccc2)c(-c2ccccc2)n1. The molecule has 3 rings (SSSR count). The zero-order chi connectivity index (χ0) is 24.3. The third kappa shape index (κ3) is 7.57. The van der Waals surface area contributed by atoms with Gasteiger partial charge < -0.3 is 9.45 Å². The van der Waals surface area contributed by atoms with E-state index in [1.165, 1.54) is 6.26 Å². The van der Waals surface area contributed by atoms with Gasteiger partial charge in [-0.05, 0) is 26.7 Å². The lowest BCUT2D eigenvalue weighted by molar-refractivity contribution is -0.119. The van der Waals surface area contributed by atoms with Gasteiger partial charge in [0.1, 0.15) is 12.1 Å². The van der Waals surface area contributed by atoms with Gasteiger partial charge in [-0.15, -0.1) is 0 Å². The largest absolute Gasteiger partial charge is 0.593 e. The van der Waals surface area contributed by atoms with Crippen LogP contribution in [0.25, 0.3) is 22.5 Å². The predicted octanol–water partition coefficient (Wildman–Crippen LogP) is 5.39. The van der Waals surface area contributed by atoms with Gasteiger partial charge in [0.15, 0.2) is 0 Å². The Bertz CT molecular complexity index is 1030. The second kappa shape index (κ2) is 13.1. The van der Waals surface area contributed by atoms with Crippen molar-refractivity contribution in [3.05, 3.63) is 66.9 Å². The minimum atomic E-state index is -1.29. The summed E-state index contributed by atoms with van der Waals surface area (Å²) in [6, 6.07) is 20.7. The Morgan fingerprint density at radius 2 is 1.53 bits per heavy atom. The predicted molar refractivity (Wildman–Crippen MR) is 141 cm³/mol. The van der Waals surface area contributed by atoms with Gasteiger partial charge in [-0.3, -0.25) is 9.78 Å². The number of nitrogens with one attached hydrogen (secondary N) is 1. The topological polar surface area (TPSA) is 81.2 Å². The Morgan fingerprint density at radius 3 is 2.12 bits per heavy atom. The van der Waals surface area contributed by atoms with Gasteiger partial charge in [-0.25, -0.2) is 4.98 Å². The van der Waals surface area contributed by atoms with Crippen molar-refractivity contribution in [2.75, 3.05) is 17.7 Å². The van der Waals surface area contributed by atoms with Crippen LogP contribution in [0.5, 0.6) is 0 Å². The van der Waals surface area contributed by atoms with E-state index in [9.17, 15) is 9.35 Å². The molecule has 0 aliphatic carbocycles. The van der Waals surface area contributed by atoms with Crippen LogP contribution in [0.2, 0.25) is 0 Å². The van der Waals surface area contributed by atoms with Crippen molar-refractivity contribution < 1.29 is 9.35 Å². The summed E-state index contributed by atoms with van der Waals surface area (Å²) in [6.45, 7) is 5.21. The molecule has 34 heavy (non-hydrogen) atoms. The molecule has 1 heterocycles. The Morgan fingerprint density at radius 1 is 0.941 bits per heavy atom. The average Bonchev–Trinajstić information content (AvgIpc) is 2.83. The summed E-state index contributed by atoms with van der Waals surface area (Å²) < 4.78 is 13.5.